The third-order valence-electron chi connectivity index (χ3n) is 4.04. The molecule has 2 heterocycles. The van der Waals surface area contributed by atoms with Crippen LogP contribution in [0.3, 0.4) is 0 Å². The van der Waals surface area contributed by atoms with Crippen LogP contribution in [0, 0.1) is 0 Å². The molecule has 3 rings (SSSR count). The SMILES string of the molecule is C=CCNCC(=O)N1CCc2sccc2[C@H]1c1ccc(Cl)cc1. The van der Waals surface area contributed by atoms with E-state index in [4.69, 9.17) is 11.6 Å². The van der Waals surface area contributed by atoms with Crippen LogP contribution in [0.2, 0.25) is 5.02 Å². The fourth-order valence-corrected chi connectivity index (χ4v) is 4.00. The molecule has 0 fully saturated rings. The third kappa shape index (κ3) is 3.50. The fraction of sp³-hybridized carbons (Fsp3) is 0.278. The summed E-state index contributed by atoms with van der Waals surface area (Å²) >= 11 is 7.78. The number of hydrogen-bond acceptors (Lipinski definition) is 3. The Bertz CT molecular complexity index is 695. The second kappa shape index (κ2) is 7.30. The zero-order valence-corrected chi connectivity index (χ0v) is 14.4. The van der Waals surface area contributed by atoms with Crippen molar-refractivity contribution in [2.75, 3.05) is 19.6 Å². The lowest BCUT2D eigenvalue weighted by Gasteiger charge is -2.36. The number of nitrogens with one attached hydrogen (secondary N) is 1. The van der Waals surface area contributed by atoms with Gasteiger partial charge in [-0.05, 0) is 41.1 Å². The van der Waals surface area contributed by atoms with Crippen molar-refractivity contribution in [2.24, 2.45) is 0 Å². The van der Waals surface area contributed by atoms with Crippen molar-refractivity contribution < 1.29 is 4.79 Å². The van der Waals surface area contributed by atoms with Gasteiger partial charge in [0.1, 0.15) is 0 Å². The van der Waals surface area contributed by atoms with Gasteiger partial charge in [0.15, 0.2) is 0 Å². The van der Waals surface area contributed by atoms with Crippen LogP contribution in [0.1, 0.15) is 22.0 Å². The van der Waals surface area contributed by atoms with Gasteiger partial charge in [0, 0.05) is 23.0 Å². The molecule has 1 aliphatic heterocycles. The number of benzene rings is 1. The Morgan fingerprint density at radius 1 is 1.39 bits per heavy atom. The van der Waals surface area contributed by atoms with Crippen LogP contribution >= 0.6 is 22.9 Å². The van der Waals surface area contributed by atoms with Crippen LogP contribution in [-0.4, -0.2) is 30.4 Å². The lowest BCUT2D eigenvalue weighted by molar-refractivity contribution is -0.132. The van der Waals surface area contributed by atoms with E-state index >= 15 is 0 Å². The van der Waals surface area contributed by atoms with Crippen molar-refractivity contribution in [3.05, 3.63) is 69.4 Å². The van der Waals surface area contributed by atoms with Gasteiger partial charge in [0.05, 0.1) is 12.6 Å². The summed E-state index contributed by atoms with van der Waals surface area (Å²) in [5, 5.41) is 5.92. The highest BCUT2D eigenvalue weighted by Crippen LogP contribution is 2.37. The van der Waals surface area contributed by atoms with Gasteiger partial charge >= 0.3 is 0 Å². The molecule has 0 aliphatic carbocycles. The summed E-state index contributed by atoms with van der Waals surface area (Å²) in [7, 11) is 0. The van der Waals surface area contributed by atoms with Gasteiger partial charge in [-0.1, -0.05) is 29.8 Å². The molecule has 0 saturated carbocycles. The largest absolute Gasteiger partial charge is 0.330 e. The first-order valence-corrected chi connectivity index (χ1v) is 8.89. The predicted molar refractivity (Wildman–Crippen MR) is 96.1 cm³/mol. The van der Waals surface area contributed by atoms with Gasteiger partial charge in [-0.2, -0.15) is 0 Å². The van der Waals surface area contributed by atoms with E-state index in [0.717, 1.165) is 18.5 Å². The molecule has 0 radical (unpaired) electrons. The summed E-state index contributed by atoms with van der Waals surface area (Å²) < 4.78 is 0. The van der Waals surface area contributed by atoms with Gasteiger partial charge in [-0.25, -0.2) is 0 Å². The van der Waals surface area contributed by atoms with Gasteiger partial charge < -0.3 is 10.2 Å². The third-order valence-corrected chi connectivity index (χ3v) is 5.29. The number of fused-ring (bicyclic) bond motifs is 1. The Hall–Kier alpha value is -1.62. The number of amides is 1. The lowest BCUT2D eigenvalue weighted by Crippen LogP contribution is -2.44. The molecule has 1 aromatic heterocycles. The highest BCUT2D eigenvalue weighted by Gasteiger charge is 2.32. The smallest absolute Gasteiger partial charge is 0.237 e. The average Bonchev–Trinajstić information content (AvgIpc) is 3.03. The van der Waals surface area contributed by atoms with Crippen LogP contribution in [0.5, 0.6) is 0 Å². The Morgan fingerprint density at radius 2 is 2.17 bits per heavy atom. The maximum Gasteiger partial charge on any atom is 0.237 e. The molecule has 1 aromatic carbocycles. The number of rotatable bonds is 5. The van der Waals surface area contributed by atoms with E-state index in [2.05, 4.69) is 23.3 Å². The van der Waals surface area contributed by atoms with Crippen LogP contribution in [0.4, 0.5) is 0 Å². The number of carbonyl (C=O) groups excluding carboxylic acids is 1. The predicted octanol–water partition coefficient (Wildman–Crippen LogP) is 3.65. The number of nitrogens with zero attached hydrogens (tertiary/aromatic N) is 1. The minimum Gasteiger partial charge on any atom is -0.330 e. The molecule has 1 N–H and O–H groups in total. The first-order chi connectivity index (χ1) is 11.2. The Morgan fingerprint density at radius 3 is 2.91 bits per heavy atom. The normalized spacial score (nSPS) is 16.9. The van der Waals surface area contributed by atoms with Gasteiger partial charge in [-0.3, -0.25) is 4.79 Å². The molecule has 120 valence electrons. The number of carbonyl (C=O) groups is 1. The summed E-state index contributed by atoms with van der Waals surface area (Å²) in [6.45, 7) is 5.37. The molecule has 0 saturated heterocycles. The molecule has 23 heavy (non-hydrogen) atoms. The molecule has 0 spiro atoms. The molecule has 1 atom stereocenters. The quantitative estimate of drug-likeness (QED) is 0.662. The second-order valence-corrected chi connectivity index (χ2v) is 6.95. The van der Waals surface area contributed by atoms with Crippen LogP contribution in [0.25, 0.3) is 0 Å². The highest BCUT2D eigenvalue weighted by atomic mass is 35.5. The minimum absolute atomic E-state index is 0.0275. The summed E-state index contributed by atoms with van der Waals surface area (Å²) in [5.41, 5.74) is 2.34. The first kappa shape index (κ1) is 16.2. The van der Waals surface area contributed by atoms with E-state index in [0.29, 0.717) is 18.1 Å². The van der Waals surface area contributed by atoms with Crippen LogP contribution in [0.15, 0.2) is 48.4 Å². The van der Waals surface area contributed by atoms with E-state index < -0.39 is 0 Å². The van der Waals surface area contributed by atoms with Crippen LogP contribution < -0.4 is 5.32 Å². The van der Waals surface area contributed by atoms with Gasteiger partial charge in [-0.15, -0.1) is 17.9 Å². The van der Waals surface area contributed by atoms with E-state index in [-0.39, 0.29) is 11.9 Å². The molecule has 0 bridgehead atoms. The maximum atomic E-state index is 12.7. The maximum absolute atomic E-state index is 12.7. The minimum atomic E-state index is -0.0275. The van der Waals surface area contributed by atoms with E-state index in [9.17, 15) is 4.79 Å². The number of halogens is 1. The molecule has 1 amide bonds. The Kier molecular flexibility index (Phi) is 5.16. The topological polar surface area (TPSA) is 32.3 Å². The van der Waals surface area contributed by atoms with Crippen molar-refractivity contribution in [3.8, 4) is 0 Å². The molecule has 3 nitrogen and oxygen atoms in total. The summed E-state index contributed by atoms with van der Waals surface area (Å²) in [6, 6.07) is 9.90. The Balaban J connectivity index is 1.90. The summed E-state index contributed by atoms with van der Waals surface area (Å²) in [4.78, 5) is 16.0. The summed E-state index contributed by atoms with van der Waals surface area (Å²) in [6.07, 6.45) is 2.68. The second-order valence-electron chi connectivity index (χ2n) is 5.51. The molecular weight excluding hydrogens is 328 g/mol. The molecule has 1 aliphatic rings. The van der Waals surface area contributed by atoms with Gasteiger partial charge in [0.25, 0.3) is 0 Å². The van der Waals surface area contributed by atoms with Gasteiger partial charge in [0.2, 0.25) is 5.91 Å². The lowest BCUT2D eigenvalue weighted by atomic mass is 9.93. The number of thiophene rings is 1. The highest BCUT2D eigenvalue weighted by molar-refractivity contribution is 7.10. The fourth-order valence-electron chi connectivity index (χ4n) is 2.97. The van der Waals surface area contributed by atoms with E-state index in [1.54, 1.807) is 17.4 Å². The average molecular weight is 347 g/mol. The molecule has 0 unspecified atom stereocenters. The van der Waals surface area contributed by atoms with Crippen LogP contribution in [-0.2, 0) is 11.2 Å². The van der Waals surface area contributed by atoms with Crippen molar-refractivity contribution in [2.45, 2.75) is 12.5 Å². The van der Waals surface area contributed by atoms with Crippen molar-refractivity contribution >= 4 is 28.8 Å². The van der Waals surface area contributed by atoms with Crippen molar-refractivity contribution in [1.82, 2.24) is 10.2 Å². The summed E-state index contributed by atoms with van der Waals surface area (Å²) in [5.74, 6) is 0.114. The zero-order chi connectivity index (χ0) is 16.2. The molecule has 5 heteroatoms. The number of hydrogen-bond donors (Lipinski definition) is 1. The van der Waals surface area contributed by atoms with E-state index in [1.807, 2.05) is 29.2 Å². The first-order valence-electron chi connectivity index (χ1n) is 7.63. The molecular formula is C18H19ClN2OS. The van der Waals surface area contributed by atoms with E-state index in [1.165, 1.54) is 10.4 Å². The van der Waals surface area contributed by atoms with Crippen molar-refractivity contribution in [3.63, 3.8) is 0 Å². The monoisotopic (exact) mass is 346 g/mol. The van der Waals surface area contributed by atoms with Crippen molar-refractivity contribution in [1.29, 1.82) is 0 Å². The molecule has 2 aromatic rings. The zero-order valence-electron chi connectivity index (χ0n) is 12.8. The Labute approximate surface area is 145 Å². The standard InChI is InChI=1S/C18H19ClN2OS/c1-2-9-20-12-17(22)21-10-7-16-15(8-11-23-16)18(21)13-3-5-14(19)6-4-13/h2-6,8,11,18,20H,1,7,9-10,12H2/t18-/m1/s1.